The molecule has 0 heterocycles. The molecule has 0 aliphatic heterocycles. The van der Waals surface area contributed by atoms with Gasteiger partial charge in [-0.3, -0.25) is 14.4 Å². The molecular weight excluding hydrogens is 478 g/mol. The standard InChI is InChI=1S/C29H18ClNO5/c30-18-15-16-21(24(17-18)36-20-11-5-2-6-12-20)25-26(28(33)27(25)32)31-29(34)22-13-7-8-14-23(22)35-19-9-3-1-4-10-19/h1-17H,(H,31,34). The van der Waals surface area contributed by atoms with Gasteiger partial charge in [-0.25, -0.2) is 0 Å². The van der Waals surface area contributed by atoms with Gasteiger partial charge < -0.3 is 14.8 Å². The highest BCUT2D eigenvalue weighted by atomic mass is 35.5. The third kappa shape index (κ3) is 4.62. The summed E-state index contributed by atoms with van der Waals surface area (Å²) in [5, 5.41) is 2.98. The van der Waals surface area contributed by atoms with Gasteiger partial charge in [-0.15, -0.1) is 0 Å². The van der Waals surface area contributed by atoms with Gasteiger partial charge in [0.15, 0.2) is 0 Å². The lowest BCUT2D eigenvalue weighted by atomic mass is 9.97. The molecule has 5 aromatic carbocycles. The largest absolute Gasteiger partial charge is 0.457 e. The fraction of sp³-hybridized carbons (Fsp3) is 0. The molecule has 1 N–H and O–H groups in total. The molecule has 7 heteroatoms. The summed E-state index contributed by atoms with van der Waals surface area (Å²) >= 11 is 6.17. The first-order chi connectivity index (χ1) is 17.5. The minimum absolute atomic E-state index is 0.0532. The number of ether oxygens (including phenoxy) is 2. The number of carbonyl (C=O) groups excluding carboxylic acids is 1. The van der Waals surface area contributed by atoms with Crippen molar-refractivity contribution in [3.8, 4) is 34.1 Å². The molecule has 0 unspecified atom stereocenters. The van der Waals surface area contributed by atoms with Crippen LogP contribution in [0.3, 0.4) is 0 Å². The zero-order valence-electron chi connectivity index (χ0n) is 18.7. The van der Waals surface area contributed by atoms with Crippen molar-refractivity contribution in [2.75, 3.05) is 5.32 Å². The van der Waals surface area contributed by atoms with Crippen LogP contribution in [-0.2, 0) is 0 Å². The fourth-order valence-corrected chi connectivity index (χ4v) is 3.87. The summed E-state index contributed by atoms with van der Waals surface area (Å²) in [7, 11) is 0. The van der Waals surface area contributed by atoms with Crippen molar-refractivity contribution in [2.24, 2.45) is 0 Å². The number of para-hydroxylation sites is 3. The van der Waals surface area contributed by atoms with Crippen molar-refractivity contribution in [3.63, 3.8) is 0 Å². The summed E-state index contributed by atoms with van der Waals surface area (Å²) in [5.74, 6) is 1.08. The molecule has 0 aromatic heterocycles. The Kier molecular flexibility index (Phi) is 6.34. The number of hydrogen-bond donors (Lipinski definition) is 1. The maximum atomic E-state index is 13.2. The Morgan fingerprint density at radius 1 is 0.667 bits per heavy atom. The molecule has 0 aliphatic rings. The molecule has 5 rings (SSSR count). The van der Waals surface area contributed by atoms with Crippen LogP contribution in [0.1, 0.15) is 10.4 Å². The van der Waals surface area contributed by atoms with E-state index in [9.17, 15) is 14.4 Å². The van der Waals surface area contributed by atoms with Crippen LogP contribution in [0.4, 0.5) is 5.69 Å². The van der Waals surface area contributed by atoms with Crippen molar-refractivity contribution in [1.82, 2.24) is 0 Å². The maximum Gasteiger partial charge on any atom is 0.259 e. The van der Waals surface area contributed by atoms with Crippen LogP contribution in [0.15, 0.2) is 113 Å². The second-order valence-electron chi connectivity index (χ2n) is 7.83. The van der Waals surface area contributed by atoms with E-state index in [0.717, 1.165) is 0 Å². The van der Waals surface area contributed by atoms with E-state index in [-0.39, 0.29) is 22.6 Å². The van der Waals surface area contributed by atoms with Crippen LogP contribution in [0.5, 0.6) is 23.0 Å². The number of rotatable bonds is 7. The van der Waals surface area contributed by atoms with Crippen LogP contribution in [-0.4, -0.2) is 5.91 Å². The first kappa shape index (κ1) is 23.1. The van der Waals surface area contributed by atoms with Crippen LogP contribution in [0, 0.1) is 0 Å². The smallest absolute Gasteiger partial charge is 0.259 e. The van der Waals surface area contributed by atoms with E-state index in [0.29, 0.717) is 27.8 Å². The summed E-state index contributed by atoms with van der Waals surface area (Å²) in [6, 6.07) is 29.3. The maximum absolute atomic E-state index is 13.2. The van der Waals surface area contributed by atoms with Crippen molar-refractivity contribution < 1.29 is 14.3 Å². The molecule has 0 radical (unpaired) electrons. The Morgan fingerprint density at radius 2 is 1.25 bits per heavy atom. The van der Waals surface area contributed by atoms with Crippen molar-refractivity contribution in [3.05, 3.63) is 134 Å². The predicted molar refractivity (Wildman–Crippen MR) is 139 cm³/mol. The number of benzene rings is 4. The molecule has 0 fully saturated rings. The Labute approximate surface area is 211 Å². The third-order valence-electron chi connectivity index (χ3n) is 5.44. The molecule has 0 aliphatic carbocycles. The zero-order valence-corrected chi connectivity index (χ0v) is 19.5. The monoisotopic (exact) mass is 495 g/mol. The summed E-state index contributed by atoms with van der Waals surface area (Å²) < 4.78 is 11.8. The highest BCUT2D eigenvalue weighted by Crippen LogP contribution is 2.37. The minimum atomic E-state index is -0.791. The summed E-state index contributed by atoms with van der Waals surface area (Å²) in [4.78, 5) is 38.3. The van der Waals surface area contributed by atoms with Gasteiger partial charge >= 0.3 is 0 Å². The summed E-state index contributed by atoms with van der Waals surface area (Å²) in [5.41, 5.74) is -1.02. The van der Waals surface area contributed by atoms with Gasteiger partial charge in [-0.2, -0.15) is 0 Å². The molecule has 0 spiro atoms. The Hall–Kier alpha value is -4.68. The lowest BCUT2D eigenvalue weighted by Crippen LogP contribution is -2.37. The lowest BCUT2D eigenvalue weighted by molar-refractivity contribution is 0.102. The van der Waals surface area contributed by atoms with E-state index in [1.165, 1.54) is 0 Å². The van der Waals surface area contributed by atoms with E-state index in [1.54, 1.807) is 78.9 Å². The average Bonchev–Trinajstić information content (AvgIpc) is 2.90. The Bertz CT molecular complexity index is 1620. The van der Waals surface area contributed by atoms with Gasteiger partial charge in [-0.1, -0.05) is 60.1 Å². The molecule has 176 valence electrons. The predicted octanol–water partition coefficient (Wildman–Crippen LogP) is 6.44. The van der Waals surface area contributed by atoms with E-state index < -0.39 is 16.8 Å². The molecule has 0 atom stereocenters. The SMILES string of the molecule is O=C(Nc1c(-c2ccc(Cl)cc2Oc2ccccc2)c(=O)c1=O)c1ccccc1Oc1ccccc1. The van der Waals surface area contributed by atoms with E-state index in [4.69, 9.17) is 21.1 Å². The van der Waals surface area contributed by atoms with Crippen LogP contribution in [0.2, 0.25) is 5.02 Å². The van der Waals surface area contributed by atoms with Crippen LogP contribution >= 0.6 is 11.6 Å². The first-order valence-electron chi connectivity index (χ1n) is 11.0. The van der Waals surface area contributed by atoms with Gasteiger partial charge in [0.25, 0.3) is 11.3 Å². The normalized spacial score (nSPS) is 10.7. The molecule has 0 saturated carbocycles. The van der Waals surface area contributed by atoms with Crippen molar-refractivity contribution >= 4 is 23.2 Å². The number of carbonyl (C=O) groups is 1. The molecule has 6 nitrogen and oxygen atoms in total. The van der Waals surface area contributed by atoms with E-state index >= 15 is 0 Å². The molecular formula is C29H18ClNO5. The second-order valence-corrected chi connectivity index (χ2v) is 8.27. The quantitative estimate of drug-likeness (QED) is 0.263. The summed E-state index contributed by atoms with van der Waals surface area (Å²) in [6.45, 7) is 0. The lowest BCUT2D eigenvalue weighted by Gasteiger charge is -2.17. The van der Waals surface area contributed by atoms with Gasteiger partial charge in [-0.05, 0) is 48.5 Å². The average molecular weight is 496 g/mol. The number of anilines is 1. The van der Waals surface area contributed by atoms with Crippen molar-refractivity contribution in [1.29, 1.82) is 0 Å². The second kappa shape index (κ2) is 9.90. The molecule has 0 bridgehead atoms. The Balaban J connectivity index is 1.48. The summed E-state index contributed by atoms with van der Waals surface area (Å²) in [6.07, 6.45) is 0. The molecule has 0 saturated heterocycles. The number of hydrogen-bond acceptors (Lipinski definition) is 5. The van der Waals surface area contributed by atoms with Gasteiger partial charge in [0.2, 0.25) is 5.43 Å². The zero-order chi connectivity index (χ0) is 25.1. The van der Waals surface area contributed by atoms with Gasteiger partial charge in [0.1, 0.15) is 28.7 Å². The van der Waals surface area contributed by atoms with Gasteiger partial charge in [0.05, 0.1) is 11.1 Å². The highest BCUT2D eigenvalue weighted by Gasteiger charge is 2.27. The molecule has 36 heavy (non-hydrogen) atoms. The van der Waals surface area contributed by atoms with Gasteiger partial charge in [0, 0.05) is 16.7 Å². The minimum Gasteiger partial charge on any atom is -0.457 e. The number of nitrogens with one attached hydrogen (secondary N) is 1. The Morgan fingerprint density at radius 3 is 1.92 bits per heavy atom. The van der Waals surface area contributed by atoms with Crippen molar-refractivity contribution in [2.45, 2.75) is 0 Å². The fourth-order valence-electron chi connectivity index (χ4n) is 3.71. The van der Waals surface area contributed by atoms with Crippen LogP contribution < -0.4 is 25.6 Å². The first-order valence-corrected chi connectivity index (χ1v) is 11.4. The third-order valence-corrected chi connectivity index (χ3v) is 5.67. The topological polar surface area (TPSA) is 81.7 Å². The molecule has 1 amide bonds. The van der Waals surface area contributed by atoms with E-state index in [1.807, 2.05) is 24.3 Å². The molecule has 5 aromatic rings. The number of halogens is 1. The van der Waals surface area contributed by atoms with Crippen LogP contribution in [0.25, 0.3) is 11.1 Å². The highest BCUT2D eigenvalue weighted by molar-refractivity contribution is 6.30. The number of amides is 1. The van der Waals surface area contributed by atoms with E-state index in [2.05, 4.69) is 5.32 Å².